The minimum absolute atomic E-state index is 0.766. The zero-order valence-corrected chi connectivity index (χ0v) is 10.2. The van der Waals surface area contributed by atoms with Gasteiger partial charge < -0.3 is 11.1 Å². The van der Waals surface area contributed by atoms with Gasteiger partial charge in [-0.15, -0.1) is 0 Å². The average Bonchev–Trinajstić information content (AvgIpc) is 2.33. The summed E-state index contributed by atoms with van der Waals surface area (Å²) < 4.78 is 0. The van der Waals surface area contributed by atoms with Crippen LogP contribution in [-0.4, -0.2) is 4.98 Å². The van der Waals surface area contributed by atoms with Crippen molar-refractivity contribution < 1.29 is 0 Å². The maximum absolute atomic E-state index is 6.01. The number of nitrogens with zero attached hydrogens (tertiary/aromatic N) is 1. The minimum atomic E-state index is 0.766. The molecule has 0 radical (unpaired) electrons. The normalized spacial score (nSPS) is 10.2. The Bertz CT molecular complexity index is 521. The summed E-state index contributed by atoms with van der Waals surface area (Å²) in [7, 11) is 0. The lowest BCUT2D eigenvalue weighted by Crippen LogP contribution is -2.04. The number of pyridine rings is 1. The number of aromatic nitrogens is 1. The Labute approximate surface area is 102 Å². The molecule has 0 saturated carbocycles. The molecule has 88 valence electrons. The van der Waals surface area contributed by atoms with Crippen LogP contribution in [0.1, 0.15) is 16.7 Å². The van der Waals surface area contributed by atoms with Crippen LogP contribution in [0.5, 0.6) is 0 Å². The van der Waals surface area contributed by atoms with E-state index in [1.54, 1.807) is 0 Å². The Kier molecular flexibility index (Phi) is 3.28. The molecule has 3 heteroatoms. The lowest BCUT2D eigenvalue weighted by Gasteiger charge is -2.12. The quantitative estimate of drug-likeness (QED) is 0.793. The van der Waals surface area contributed by atoms with E-state index in [2.05, 4.69) is 17.2 Å². The number of hydrogen-bond donors (Lipinski definition) is 2. The molecule has 0 bridgehead atoms. The van der Waals surface area contributed by atoms with Gasteiger partial charge >= 0.3 is 0 Å². The highest BCUT2D eigenvalue weighted by atomic mass is 14.9. The van der Waals surface area contributed by atoms with E-state index in [4.69, 9.17) is 5.73 Å². The average molecular weight is 227 g/mol. The van der Waals surface area contributed by atoms with E-state index in [1.165, 1.54) is 11.1 Å². The summed E-state index contributed by atoms with van der Waals surface area (Å²) in [6, 6.07) is 8.04. The number of nitrogens with two attached hydrogens (primary N) is 1. The molecule has 0 atom stereocenters. The lowest BCUT2D eigenvalue weighted by molar-refractivity contribution is 1.09. The van der Waals surface area contributed by atoms with Crippen LogP contribution >= 0.6 is 0 Å². The Morgan fingerprint density at radius 1 is 1.18 bits per heavy atom. The number of rotatable bonds is 3. The molecule has 0 aliphatic rings. The van der Waals surface area contributed by atoms with Gasteiger partial charge in [-0.05, 0) is 42.7 Å². The molecular formula is C14H17N3. The van der Waals surface area contributed by atoms with E-state index in [9.17, 15) is 0 Å². The van der Waals surface area contributed by atoms with Gasteiger partial charge in [-0.1, -0.05) is 12.1 Å². The molecule has 2 rings (SSSR count). The second-order valence-corrected chi connectivity index (χ2v) is 4.19. The number of para-hydroxylation sites is 1. The van der Waals surface area contributed by atoms with Crippen molar-refractivity contribution in [3.05, 3.63) is 53.3 Å². The van der Waals surface area contributed by atoms with Crippen LogP contribution in [0.3, 0.4) is 0 Å². The van der Waals surface area contributed by atoms with Crippen molar-refractivity contribution in [2.75, 3.05) is 11.1 Å². The third-order valence-electron chi connectivity index (χ3n) is 2.93. The summed E-state index contributed by atoms with van der Waals surface area (Å²) in [5.41, 5.74) is 11.3. The molecule has 1 aromatic carbocycles. The maximum atomic E-state index is 6.01. The van der Waals surface area contributed by atoms with Crippen molar-refractivity contribution in [1.82, 2.24) is 4.98 Å². The largest absolute Gasteiger partial charge is 0.397 e. The van der Waals surface area contributed by atoms with Crippen LogP contribution in [0.15, 0.2) is 36.7 Å². The lowest BCUT2D eigenvalue weighted by atomic mass is 10.1. The highest BCUT2D eigenvalue weighted by Crippen LogP contribution is 2.22. The highest BCUT2D eigenvalue weighted by Gasteiger charge is 2.02. The number of nitrogen functional groups attached to an aromatic ring is 1. The van der Waals surface area contributed by atoms with Crippen molar-refractivity contribution in [2.45, 2.75) is 20.4 Å². The third-order valence-corrected chi connectivity index (χ3v) is 2.93. The van der Waals surface area contributed by atoms with Crippen LogP contribution in [-0.2, 0) is 6.54 Å². The van der Waals surface area contributed by atoms with Gasteiger partial charge in [-0.25, -0.2) is 0 Å². The van der Waals surface area contributed by atoms with E-state index in [0.717, 1.165) is 23.5 Å². The van der Waals surface area contributed by atoms with E-state index in [-0.39, 0.29) is 0 Å². The van der Waals surface area contributed by atoms with Gasteiger partial charge in [0.2, 0.25) is 0 Å². The molecule has 1 heterocycles. The van der Waals surface area contributed by atoms with Crippen LogP contribution in [0, 0.1) is 13.8 Å². The molecule has 0 spiro atoms. The second-order valence-electron chi connectivity index (χ2n) is 4.19. The van der Waals surface area contributed by atoms with Crippen molar-refractivity contribution >= 4 is 11.4 Å². The first-order valence-corrected chi connectivity index (χ1v) is 5.67. The molecule has 0 fully saturated rings. The fourth-order valence-electron chi connectivity index (χ4n) is 1.73. The summed E-state index contributed by atoms with van der Waals surface area (Å²) in [5.74, 6) is 0. The number of hydrogen-bond acceptors (Lipinski definition) is 3. The number of nitrogens with one attached hydrogen (secondary N) is 1. The summed E-state index contributed by atoms with van der Waals surface area (Å²) in [6.45, 7) is 4.84. The van der Waals surface area contributed by atoms with Gasteiger partial charge in [0.25, 0.3) is 0 Å². The Morgan fingerprint density at radius 2 is 2.00 bits per heavy atom. The first-order valence-electron chi connectivity index (χ1n) is 5.67. The van der Waals surface area contributed by atoms with Gasteiger partial charge in [0.15, 0.2) is 0 Å². The SMILES string of the molecule is Cc1cnccc1CNc1cccc(C)c1N. The Balaban J connectivity index is 2.13. The topological polar surface area (TPSA) is 50.9 Å². The van der Waals surface area contributed by atoms with Crippen molar-refractivity contribution in [3.63, 3.8) is 0 Å². The minimum Gasteiger partial charge on any atom is -0.397 e. The molecule has 0 amide bonds. The smallest absolute Gasteiger partial charge is 0.0579 e. The fraction of sp³-hybridized carbons (Fsp3) is 0.214. The van der Waals surface area contributed by atoms with Crippen LogP contribution in [0.4, 0.5) is 11.4 Å². The standard InChI is InChI=1S/C14H17N3/c1-10-4-3-5-13(14(10)15)17-9-12-6-7-16-8-11(12)2/h3-8,17H,9,15H2,1-2H3. The highest BCUT2D eigenvalue weighted by molar-refractivity contribution is 5.69. The zero-order chi connectivity index (χ0) is 12.3. The summed E-state index contributed by atoms with van der Waals surface area (Å²) in [5, 5.41) is 3.36. The summed E-state index contributed by atoms with van der Waals surface area (Å²) in [4.78, 5) is 4.08. The summed E-state index contributed by atoms with van der Waals surface area (Å²) >= 11 is 0. The molecule has 3 N–H and O–H groups in total. The van der Waals surface area contributed by atoms with Crippen LogP contribution in [0.2, 0.25) is 0 Å². The van der Waals surface area contributed by atoms with Crippen LogP contribution < -0.4 is 11.1 Å². The maximum Gasteiger partial charge on any atom is 0.0579 e. The molecule has 2 aromatic rings. The van der Waals surface area contributed by atoms with Gasteiger partial charge in [-0.2, -0.15) is 0 Å². The van der Waals surface area contributed by atoms with E-state index in [0.29, 0.717) is 0 Å². The first-order chi connectivity index (χ1) is 8.18. The molecule has 0 aliphatic heterocycles. The van der Waals surface area contributed by atoms with Gasteiger partial charge in [0, 0.05) is 18.9 Å². The fourth-order valence-corrected chi connectivity index (χ4v) is 1.73. The summed E-state index contributed by atoms with van der Waals surface area (Å²) in [6.07, 6.45) is 3.68. The van der Waals surface area contributed by atoms with Gasteiger partial charge in [0.1, 0.15) is 0 Å². The monoisotopic (exact) mass is 227 g/mol. The zero-order valence-electron chi connectivity index (χ0n) is 10.2. The predicted molar refractivity (Wildman–Crippen MR) is 71.9 cm³/mol. The first kappa shape index (κ1) is 11.5. The molecule has 0 unspecified atom stereocenters. The van der Waals surface area contributed by atoms with Crippen molar-refractivity contribution in [1.29, 1.82) is 0 Å². The third kappa shape index (κ3) is 2.56. The molecular weight excluding hydrogens is 210 g/mol. The molecule has 0 aliphatic carbocycles. The molecule has 3 nitrogen and oxygen atoms in total. The number of anilines is 2. The molecule has 1 aromatic heterocycles. The Morgan fingerprint density at radius 3 is 2.76 bits per heavy atom. The van der Waals surface area contributed by atoms with Crippen molar-refractivity contribution in [2.24, 2.45) is 0 Å². The van der Waals surface area contributed by atoms with E-state index in [1.807, 2.05) is 43.6 Å². The molecule has 17 heavy (non-hydrogen) atoms. The number of aryl methyl sites for hydroxylation is 2. The van der Waals surface area contributed by atoms with Gasteiger partial charge in [-0.3, -0.25) is 4.98 Å². The molecule has 0 saturated heterocycles. The second kappa shape index (κ2) is 4.87. The van der Waals surface area contributed by atoms with Crippen molar-refractivity contribution in [3.8, 4) is 0 Å². The van der Waals surface area contributed by atoms with E-state index < -0.39 is 0 Å². The van der Waals surface area contributed by atoms with E-state index >= 15 is 0 Å². The number of benzene rings is 1. The van der Waals surface area contributed by atoms with Gasteiger partial charge in [0.05, 0.1) is 11.4 Å². The Hall–Kier alpha value is -2.03. The van der Waals surface area contributed by atoms with Crippen LogP contribution in [0.25, 0.3) is 0 Å². The predicted octanol–water partition coefficient (Wildman–Crippen LogP) is 2.89.